The Morgan fingerprint density at radius 2 is 1.69 bits per heavy atom. The smallest absolute Gasteiger partial charge is 0.193 e. The number of aromatic hydroxyl groups is 2. The Balaban J connectivity index is 3.56. The first kappa shape index (κ1) is 9.11. The molecule has 0 spiro atoms. The van der Waals surface area contributed by atoms with Crippen LogP contribution in [0.2, 0.25) is 0 Å². The molecule has 1 aromatic rings. The minimum atomic E-state index is -0.692. The number of hydrogen-bond donors (Lipinski definition) is 2. The maximum Gasteiger partial charge on any atom is 0.193 e. The maximum absolute atomic E-state index is 10.2. The highest BCUT2D eigenvalue weighted by Gasteiger charge is 2.16. The molecule has 0 aromatic heterocycles. The molecule has 0 saturated carbocycles. The molecule has 0 fully saturated rings. The van der Waals surface area contributed by atoms with Crippen molar-refractivity contribution in [2.24, 2.45) is 10.4 Å². The van der Waals surface area contributed by atoms with Crippen LogP contribution in [0.15, 0.2) is 16.4 Å². The molecule has 0 aliphatic carbocycles. The topological polar surface area (TPSA) is 99.3 Å². The van der Waals surface area contributed by atoms with Gasteiger partial charge in [0.2, 0.25) is 0 Å². The summed E-state index contributed by atoms with van der Waals surface area (Å²) in [6.45, 7) is 1.46. The minimum Gasteiger partial charge on any atom is -0.505 e. The van der Waals surface area contributed by atoms with Crippen LogP contribution >= 0.6 is 0 Å². The van der Waals surface area contributed by atoms with E-state index in [4.69, 9.17) is 5.11 Å². The molecule has 68 valence electrons. The Morgan fingerprint density at radius 1 is 1.15 bits per heavy atom. The van der Waals surface area contributed by atoms with Crippen LogP contribution in [0.3, 0.4) is 0 Å². The third-order valence-corrected chi connectivity index (χ3v) is 1.60. The summed E-state index contributed by atoms with van der Waals surface area (Å²) in [5, 5.41) is 23.2. The van der Waals surface area contributed by atoms with Crippen molar-refractivity contribution < 1.29 is 10.2 Å². The van der Waals surface area contributed by atoms with Gasteiger partial charge >= 0.3 is 0 Å². The first-order valence-corrected chi connectivity index (χ1v) is 3.34. The molecule has 6 heteroatoms. The van der Waals surface area contributed by atoms with E-state index in [2.05, 4.69) is 10.4 Å². The molecule has 0 saturated heterocycles. The van der Waals surface area contributed by atoms with E-state index in [9.17, 15) is 14.9 Å². The van der Waals surface area contributed by atoms with Crippen LogP contribution in [0.1, 0.15) is 5.56 Å². The van der Waals surface area contributed by atoms with Gasteiger partial charge in [-0.05, 0) is 28.9 Å². The SMILES string of the molecule is Cc1cc(O)c(N=O)c(O)c1N=O. The highest BCUT2D eigenvalue weighted by molar-refractivity contribution is 5.74. The molecular formula is C7H6N2O4. The van der Waals surface area contributed by atoms with Crippen molar-refractivity contribution in [1.29, 1.82) is 0 Å². The summed E-state index contributed by atoms with van der Waals surface area (Å²) in [6.07, 6.45) is 0. The Labute approximate surface area is 72.8 Å². The van der Waals surface area contributed by atoms with Crippen LogP contribution < -0.4 is 0 Å². The van der Waals surface area contributed by atoms with E-state index < -0.39 is 17.2 Å². The van der Waals surface area contributed by atoms with Gasteiger partial charge in [0.05, 0.1) is 0 Å². The second-order valence-electron chi connectivity index (χ2n) is 2.44. The average Bonchev–Trinajstić information content (AvgIpc) is 2.04. The van der Waals surface area contributed by atoms with Gasteiger partial charge in [0.1, 0.15) is 5.75 Å². The molecule has 0 aliphatic rings. The zero-order chi connectivity index (χ0) is 10.0. The summed E-state index contributed by atoms with van der Waals surface area (Å²) in [4.78, 5) is 20.3. The number of phenols is 2. The standard InChI is InChI=1S/C7H6N2O4/c1-3-2-4(10)6(9-13)7(11)5(3)8-12/h2,10-11H,1H3. The van der Waals surface area contributed by atoms with E-state index in [1.807, 2.05) is 0 Å². The number of rotatable bonds is 2. The number of hydrogen-bond acceptors (Lipinski definition) is 6. The lowest BCUT2D eigenvalue weighted by atomic mass is 10.1. The molecule has 0 unspecified atom stereocenters. The highest BCUT2D eigenvalue weighted by atomic mass is 16.3. The van der Waals surface area contributed by atoms with E-state index in [1.165, 1.54) is 6.92 Å². The summed E-state index contributed by atoms with van der Waals surface area (Å²) in [6, 6.07) is 1.13. The van der Waals surface area contributed by atoms with Crippen LogP contribution in [0.5, 0.6) is 11.5 Å². The monoisotopic (exact) mass is 182 g/mol. The molecule has 0 aliphatic heterocycles. The molecule has 6 nitrogen and oxygen atoms in total. The van der Waals surface area contributed by atoms with E-state index in [0.29, 0.717) is 0 Å². The predicted molar refractivity (Wildman–Crippen MR) is 45.4 cm³/mol. The molecule has 13 heavy (non-hydrogen) atoms. The van der Waals surface area contributed by atoms with Crippen molar-refractivity contribution >= 4 is 11.4 Å². The van der Waals surface area contributed by atoms with Crippen molar-refractivity contribution in [2.75, 3.05) is 0 Å². The molecular weight excluding hydrogens is 176 g/mol. The molecule has 1 rings (SSSR count). The van der Waals surface area contributed by atoms with Gasteiger partial charge in [0.15, 0.2) is 17.1 Å². The zero-order valence-electron chi connectivity index (χ0n) is 6.68. The van der Waals surface area contributed by atoms with Crippen LogP contribution in [0, 0.1) is 16.7 Å². The Hall–Kier alpha value is -1.98. The molecule has 0 bridgehead atoms. The lowest BCUT2D eigenvalue weighted by Gasteiger charge is -2.03. The number of benzene rings is 1. The van der Waals surface area contributed by atoms with Gasteiger partial charge in [-0.3, -0.25) is 0 Å². The fraction of sp³-hybridized carbons (Fsp3) is 0.143. The second-order valence-corrected chi connectivity index (χ2v) is 2.44. The molecule has 0 amide bonds. The van der Waals surface area contributed by atoms with E-state index in [-0.39, 0.29) is 11.3 Å². The predicted octanol–water partition coefficient (Wildman–Crippen LogP) is 2.20. The zero-order valence-corrected chi connectivity index (χ0v) is 6.68. The van der Waals surface area contributed by atoms with Crippen LogP contribution in [0.4, 0.5) is 11.4 Å². The Morgan fingerprint density at radius 3 is 2.15 bits per heavy atom. The number of phenolic OH excluding ortho intramolecular Hbond substituents is 2. The average molecular weight is 182 g/mol. The summed E-state index contributed by atoms with van der Waals surface area (Å²) in [5.41, 5.74) is -0.579. The van der Waals surface area contributed by atoms with Gasteiger partial charge in [-0.15, -0.1) is 9.81 Å². The third kappa shape index (κ3) is 1.33. The van der Waals surface area contributed by atoms with Crippen LogP contribution in [0.25, 0.3) is 0 Å². The number of nitrogens with zero attached hydrogens (tertiary/aromatic N) is 2. The quantitative estimate of drug-likeness (QED) is 0.684. The van der Waals surface area contributed by atoms with Crippen molar-refractivity contribution in [3.05, 3.63) is 21.4 Å². The van der Waals surface area contributed by atoms with Gasteiger partial charge < -0.3 is 10.2 Å². The van der Waals surface area contributed by atoms with Crippen molar-refractivity contribution in [2.45, 2.75) is 6.92 Å². The summed E-state index contributed by atoms with van der Waals surface area (Å²) < 4.78 is 0. The lowest BCUT2D eigenvalue weighted by molar-refractivity contribution is 0.453. The van der Waals surface area contributed by atoms with Crippen LogP contribution in [-0.4, -0.2) is 10.2 Å². The summed E-state index contributed by atoms with van der Waals surface area (Å²) in [5.74, 6) is -1.17. The van der Waals surface area contributed by atoms with Crippen molar-refractivity contribution in [3.8, 4) is 11.5 Å². The molecule has 0 radical (unpaired) electrons. The van der Waals surface area contributed by atoms with Gasteiger partial charge in [0.25, 0.3) is 0 Å². The first-order chi connectivity index (χ1) is 6.11. The Kier molecular flexibility index (Phi) is 2.23. The second kappa shape index (κ2) is 3.18. The third-order valence-electron chi connectivity index (χ3n) is 1.60. The number of aryl methyl sites for hydroxylation is 1. The Bertz CT molecular complexity index is 343. The minimum absolute atomic E-state index is 0.275. The molecule has 0 atom stereocenters. The van der Waals surface area contributed by atoms with Crippen molar-refractivity contribution in [1.82, 2.24) is 0 Å². The normalized spacial score (nSPS) is 9.62. The maximum atomic E-state index is 10.2. The summed E-state index contributed by atoms with van der Waals surface area (Å²) in [7, 11) is 0. The van der Waals surface area contributed by atoms with Crippen molar-refractivity contribution in [3.63, 3.8) is 0 Å². The summed E-state index contributed by atoms with van der Waals surface area (Å²) >= 11 is 0. The van der Waals surface area contributed by atoms with Gasteiger partial charge in [-0.25, -0.2) is 0 Å². The van der Waals surface area contributed by atoms with Gasteiger partial charge in [-0.1, -0.05) is 0 Å². The fourth-order valence-corrected chi connectivity index (χ4v) is 0.967. The van der Waals surface area contributed by atoms with Gasteiger partial charge in [-0.2, -0.15) is 0 Å². The van der Waals surface area contributed by atoms with Gasteiger partial charge in [0, 0.05) is 0 Å². The highest BCUT2D eigenvalue weighted by Crippen LogP contribution is 2.44. The molecule has 0 heterocycles. The fourth-order valence-electron chi connectivity index (χ4n) is 0.967. The number of nitroso groups, excluding NO2 is 2. The van der Waals surface area contributed by atoms with E-state index >= 15 is 0 Å². The van der Waals surface area contributed by atoms with Crippen LogP contribution in [-0.2, 0) is 0 Å². The first-order valence-electron chi connectivity index (χ1n) is 3.34. The lowest BCUT2D eigenvalue weighted by Crippen LogP contribution is -1.77. The largest absolute Gasteiger partial charge is 0.505 e. The van der Waals surface area contributed by atoms with E-state index in [1.54, 1.807) is 0 Å². The molecule has 1 aromatic carbocycles. The van der Waals surface area contributed by atoms with E-state index in [0.717, 1.165) is 6.07 Å². The molecule has 2 N–H and O–H groups in total.